The lowest BCUT2D eigenvalue weighted by molar-refractivity contribution is -0.133. The van der Waals surface area contributed by atoms with Crippen molar-refractivity contribution < 1.29 is 4.79 Å². The Balaban J connectivity index is 1.67. The Hall–Kier alpha value is -2.70. The molecule has 4 heterocycles. The topological polar surface area (TPSA) is 68.3 Å². The molecule has 27 heavy (non-hydrogen) atoms. The van der Waals surface area contributed by atoms with E-state index in [1.807, 2.05) is 61.8 Å². The summed E-state index contributed by atoms with van der Waals surface area (Å²) in [6, 6.07) is 2.04. The van der Waals surface area contributed by atoms with Crippen molar-refractivity contribution in [3.05, 3.63) is 47.4 Å². The summed E-state index contributed by atoms with van der Waals surface area (Å²) >= 11 is 0. The van der Waals surface area contributed by atoms with Crippen LogP contribution in [0.1, 0.15) is 49.0 Å². The van der Waals surface area contributed by atoms with Crippen molar-refractivity contribution in [3.63, 3.8) is 0 Å². The Morgan fingerprint density at radius 2 is 2.07 bits per heavy atom. The van der Waals surface area contributed by atoms with Crippen molar-refractivity contribution in [3.8, 4) is 0 Å². The number of nitrogens with zero attached hydrogens (tertiary/aromatic N) is 6. The molecule has 7 nitrogen and oxygen atoms in total. The smallest absolute Gasteiger partial charge is 0.225 e. The quantitative estimate of drug-likeness (QED) is 0.712. The summed E-state index contributed by atoms with van der Waals surface area (Å²) in [4.78, 5) is 23.2. The van der Waals surface area contributed by atoms with E-state index in [0.717, 1.165) is 47.9 Å². The van der Waals surface area contributed by atoms with Crippen LogP contribution in [0.15, 0.2) is 24.7 Å². The summed E-state index contributed by atoms with van der Waals surface area (Å²) < 4.78 is 4.09. The summed E-state index contributed by atoms with van der Waals surface area (Å²) in [6.07, 6.45) is 6.62. The van der Waals surface area contributed by atoms with Crippen LogP contribution >= 0.6 is 0 Å². The number of aryl methyl sites for hydroxylation is 2. The van der Waals surface area contributed by atoms with Crippen LogP contribution in [0.3, 0.4) is 0 Å². The predicted octanol–water partition coefficient (Wildman–Crippen LogP) is 2.56. The molecule has 142 valence electrons. The first kappa shape index (κ1) is 17.7. The second-order valence-corrected chi connectivity index (χ2v) is 7.70. The highest BCUT2D eigenvalue weighted by atomic mass is 16.2. The second kappa shape index (κ2) is 6.79. The van der Waals surface area contributed by atoms with Gasteiger partial charge in [-0.25, -0.2) is 14.5 Å². The van der Waals surface area contributed by atoms with Gasteiger partial charge in [0.2, 0.25) is 5.91 Å². The largest absolute Gasteiger partial charge is 0.342 e. The summed E-state index contributed by atoms with van der Waals surface area (Å²) in [7, 11) is 0. The first-order valence-corrected chi connectivity index (χ1v) is 9.55. The molecule has 1 amide bonds. The van der Waals surface area contributed by atoms with Gasteiger partial charge in [0.1, 0.15) is 5.82 Å². The van der Waals surface area contributed by atoms with Crippen LogP contribution in [0.25, 0.3) is 5.65 Å². The Bertz CT molecular complexity index is 986. The maximum absolute atomic E-state index is 12.3. The molecule has 0 N–H and O–H groups in total. The predicted molar refractivity (Wildman–Crippen MR) is 103 cm³/mol. The first-order chi connectivity index (χ1) is 13.0. The van der Waals surface area contributed by atoms with Crippen LogP contribution in [0.5, 0.6) is 0 Å². The number of amides is 1. The van der Waals surface area contributed by atoms with E-state index in [2.05, 4.69) is 14.5 Å². The molecule has 0 unspecified atom stereocenters. The van der Waals surface area contributed by atoms with Crippen molar-refractivity contribution in [1.82, 2.24) is 29.0 Å². The number of likely N-dealkylation sites (tertiary alicyclic amines) is 1. The number of rotatable bonds is 4. The Labute approximate surface area is 159 Å². The highest BCUT2D eigenvalue weighted by molar-refractivity contribution is 5.78. The summed E-state index contributed by atoms with van der Waals surface area (Å²) in [5.74, 6) is 1.54. The van der Waals surface area contributed by atoms with Gasteiger partial charge in [0.15, 0.2) is 5.65 Å². The molecular formula is C20H26N6O. The van der Waals surface area contributed by atoms with Gasteiger partial charge in [0, 0.05) is 49.1 Å². The minimum atomic E-state index is 0.0400. The molecule has 1 aliphatic rings. The highest BCUT2D eigenvalue weighted by Crippen LogP contribution is 2.29. The molecule has 0 bridgehead atoms. The van der Waals surface area contributed by atoms with Crippen LogP contribution in [0, 0.1) is 19.8 Å². The average molecular weight is 366 g/mol. The van der Waals surface area contributed by atoms with Crippen molar-refractivity contribution in [2.45, 2.75) is 46.6 Å². The number of imidazole rings is 1. The zero-order valence-corrected chi connectivity index (χ0v) is 16.4. The molecule has 1 atom stereocenters. The monoisotopic (exact) mass is 366 g/mol. The van der Waals surface area contributed by atoms with E-state index >= 15 is 0 Å². The lowest BCUT2D eigenvalue weighted by Crippen LogP contribution is -2.32. The SMILES string of the molecule is Cc1nn2c([C@@H]3CCN(C(=O)C(C)C)C3)ccnc2c1Cn1ccnc1C. The summed E-state index contributed by atoms with van der Waals surface area (Å²) in [5, 5.41) is 4.79. The molecule has 0 saturated carbocycles. The molecule has 4 rings (SSSR count). The average Bonchev–Trinajstić information content (AvgIpc) is 3.35. The third kappa shape index (κ3) is 3.11. The molecule has 1 aliphatic heterocycles. The number of hydrogen-bond donors (Lipinski definition) is 0. The van der Waals surface area contributed by atoms with E-state index in [1.54, 1.807) is 0 Å². The van der Waals surface area contributed by atoms with Crippen molar-refractivity contribution in [1.29, 1.82) is 0 Å². The maximum atomic E-state index is 12.3. The third-order valence-electron chi connectivity index (χ3n) is 5.51. The van der Waals surface area contributed by atoms with Gasteiger partial charge in [0.25, 0.3) is 0 Å². The normalized spacial score (nSPS) is 17.4. The van der Waals surface area contributed by atoms with Gasteiger partial charge in [-0.2, -0.15) is 5.10 Å². The number of hydrogen-bond acceptors (Lipinski definition) is 4. The number of fused-ring (bicyclic) bond motifs is 1. The van der Waals surface area contributed by atoms with Crippen LogP contribution in [-0.4, -0.2) is 48.0 Å². The molecule has 3 aromatic rings. The number of aromatic nitrogens is 5. The minimum absolute atomic E-state index is 0.0400. The first-order valence-electron chi connectivity index (χ1n) is 9.55. The minimum Gasteiger partial charge on any atom is -0.342 e. The maximum Gasteiger partial charge on any atom is 0.225 e. The van der Waals surface area contributed by atoms with Gasteiger partial charge in [-0.15, -0.1) is 0 Å². The number of carbonyl (C=O) groups excluding carboxylic acids is 1. The molecule has 7 heteroatoms. The van der Waals surface area contributed by atoms with E-state index in [1.165, 1.54) is 0 Å². The fourth-order valence-electron chi connectivity index (χ4n) is 3.92. The van der Waals surface area contributed by atoms with E-state index in [9.17, 15) is 4.79 Å². The van der Waals surface area contributed by atoms with Gasteiger partial charge < -0.3 is 9.47 Å². The molecule has 1 saturated heterocycles. The fourth-order valence-corrected chi connectivity index (χ4v) is 3.92. The number of carbonyl (C=O) groups is 1. The van der Waals surface area contributed by atoms with Crippen LogP contribution in [-0.2, 0) is 11.3 Å². The van der Waals surface area contributed by atoms with E-state index < -0.39 is 0 Å². The van der Waals surface area contributed by atoms with Gasteiger partial charge >= 0.3 is 0 Å². The second-order valence-electron chi connectivity index (χ2n) is 7.70. The molecule has 0 spiro atoms. The van der Waals surface area contributed by atoms with Gasteiger partial charge in [-0.05, 0) is 26.3 Å². The van der Waals surface area contributed by atoms with Gasteiger partial charge in [0.05, 0.1) is 17.9 Å². The Kier molecular flexibility index (Phi) is 4.45. The van der Waals surface area contributed by atoms with Crippen molar-refractivity contribution >= 4 is 11.6 Å². The van der Waals surface area contributed by atoms with E-state index in [-0.39, 0.29) is 11.8 Å². The lowest BCUT2D eigenvalue weighted by atomic mass is 10.0. The van der Waals surface area contributed by atoms with E-state index in [0.29, 0.717) is 12.5 Å². The summed E-state index contributed by atoms with van der Waals surface area (Å²) in [5.41, 5.74) is 4.13. The molecule has 3 aromatic heterocycles. The molecule has 0 aliphatic carbocycles. The van der Waals surface area contributed by atoms with Gasteiger partial charge in [-0.3, -0.25) is 4.79 Å². The molecular weight excluding hydrogens is 340 g/mol. The molecule has 0 radical (unpaired) electrons. The zero-order chi connectivity index (χ0) is 19.1. The lowest BCUT2D eigenvalue weighted by Gasteiger charge is -2.19. The summed E-state index contributed by atoms with van der Waals surface area (Å²) in [6.45, 7) is 10.2. The third-order valence-corrected chi connectivity index (χ3v) is 5.51. The van der Waals surface area contributed by atoms with Crippen molar-refractivity contribution in [2.24, 2.45) is 5.92 Å². The fraction of sp³-hybridized carbons (Fsp3) is 0.500. The standard InChI is InChI=1S/C20H26N6O/c1-13(2)20(27)25-9-6-16(11-25)18-5-7-22-19-17(14(3)23-26(18)19)12-24-10-8-21-15(24)4/h5,7-8,10,13,16H,6,9,11-12H2,1-4H3/t16-/m1/s1. The van der Waals surface area contributed by atoms with E-state index in [4.69, 9.17) is 5.10 Å². The van der Waals surface area contributed by atoms with Crippen LogP contribution < -0.4 is 0 Å². The zero-order valence-electron chi connectivity index (χ0n) is 16.4. The molecule has 1 fully saturated rings. The highest BCUT2D eigenvalue weighted by Gasteiger charge is 2.30. The van der Waals surface area contributed by atoms with Crippen molar-refractivity contribution in [2.75, 3.05) is 13.1 Å². The Morgan fingerprint density at radius 1 is 1.26 bits per heavy atom. The molecule has 0 aromatic carbocycles. The van der Waals surface area contributed by atoms with Crippen LogP contribution in [0.2, 0.25) is 0 Å². The van der Waals surface area contributed by atoms with Crippen LogP contribution in [0.4, 0.5) is 0 Å². The van der Waals surface area contributed by atoms with Gasteiger partial charge in [-0.1, -0.05) is 13.8 Å². The Morgan fingerprint density at radius 3 is 2.78 bits per heavy atom.